The molecule has 26 heavy (non-hydrogen) atoms. The lowest BCUT2D eigenvalue weighted by Crippen LogP contribution is -2.47. The third-order valence-electron chi connectivity index (χ3n) is 4.04. The smallest absolute Gasteiger partial charge is 0.279 e. The number of amides is 2. The molecule has 0 fully saturated rings. The summed E-state index contributed by atoms with van der Waals surface area (Å²) < 4.78 is 20.3. The molecule has 0 radical (unpaired) electrons. The lowest BCUT2D eigenvalue weighted by Gasteiger charge is -2.16. The van der Waals surface area contributed by atoms with Crippen LogP contribution in [0.1, 0.15) is 48.6 Å². The van der Waals surface area contributed by atoms with Crippen molar-refractivity contribution < 1.29 is 18.7 Å². The van der Waals surface area contributed by atoms with Crippen molar-refractivity contribution in [2.75, 3.05) is 0 Å². The fourth-order valence-corrected chi connectivity index (χ4v) is 2.86. The Morgan fingerprint density at radius 3 is 2.23 bits per heavy atom. The van der Waals surface area contributed by atoms with Gasteiger partial charge in [0.25, 0.3) is 11.8 Å². The molecule has 0 aliphatic rings. The van der Waals surface area contributed by atoms with Crippen molar-refractivity contribution in [3.05, 3.63) is 53.1 Å². The minimum atomic E-state index is -0.858. The molecule has 0 aliphatic heterocycles. The van der Waals surface area contributed by atoms with Gasteiger partial charge in [-0.05, 0) is 65.0 Å². The van der Waals surface area contributed by atoms with E-state index in [1.165, 1.54) is 31.2 Å². The van der Waals surface area contributed by atoms with E-state index in [1.807, 2.05) is 27.7 Å². The van der Waals surface area contributed by atoms with E-state index in [-0.39, 0.29) is 11.9 Å². The van der Waals surface area contributed by atoms with Crippen molar-refractivity contribution in [2.24, 2.45) is 0 Å². The van der Waals surface area contributed by atoms with Crippen LogP contribution in [0.2, 0.25) is 0 Å². The fourth-order valence-electron chi connectivity index (χ4n) is 2.86. The van der Waals surface area contributed by atoms with Gasteiger partial charge in [0, 0.05) is 17.4 Å². The number of carbonyl (C=O) groups excluding carboxylic acids is 2. The highest BCUT2D eigenvalue weighted by atomic mass is 19.1. The largest absolute Gasteiger partial charge is 0.481 e. The summed E-state index contributed by atoms with van der Waals surface area (Å²) in [5, 5.41) is 0. The number of ether oxygens (including phenoxy) is 1. The van der Waals surface area contributed by atoms with Gasteiger partial charge in [-0.15, -0.1) is 0 Å². The summed E-state index contributed by atoms with van der Waals surface area (Å²) in [4.78, 5) is 24.4. The maximum absolute atomic E-state index is 12.9. The van der Waals surface area contributed by atoms with E-state index < -0.39 is 17.9 Å². The molecule has 0 aliphatic carbocycles. The van der Waals surface area contributed by atoms with Crippen molar-refractivity contribution in [3.8, 4) is 5.75 Å². The number of carbonyl (C=O) groups is 2. The van der Waals surface area contributed by atoms with Crippen LogP contribution in [0.5, 0.6) is 5.75 Å². The summed E-state index contributed by atoms with van der Waals surface area (Å²) >= 11 is 0. The Morgan fingerprint density at radius 1 is 1.08 bits per heavy atom. The number of aromatic nitrogens is 1. The fraction of sp³-hybridized carbons (Fsp3) is 0.368. The Bertz CT molecular complexity index is 797. The molecule has 2 amide bonds. The van der Waals surface area contributed by atoms with Gasteiger partial charge in [0.05, 0.1) is 5.56 Å². The molecule has 2 aromatic rings. The van der Waals surface area contributed by atoms with Crippen LogP contribution < -0.4 is 15.6 Å². The third kappa shape index (κ3) is 4.41. The number of aryl methyl sites for hydroxylation is 1. The van der Waals surface area contributed by atoms with Crippen molar-refractivity contribution in [1.82, 2.24) is 15.4 Å². The highest BCUT2D eigenvalue weighted by molar-refractivity contribution is 5.97. The first-order chi connectivity index (χ1) is 12.2. The molecule has 1 heterocycles. The van der Waals surface area contributed by atoms with E-state index in [2.05, 4.69) is 15.4 Å². The van der Waals surface area contributed by atoms with Crippen LogP contribution in [0, 0.1) is 19.7 Å². The van der Waals surface area contributed by atoms with E-state index in [0.29, 0.717) is 11.3 Å². The molecule has 1 aromatic heterocycles. The standard InChI is InChI=1S/C19H24FN3O3/c1-11(2)23-12(3)10-17(13(23)4)19(25)22-21-18(24)14(5)26-16-8-6-15(20)7-9-16/h6-11,14H,1-5H3,(H,21,24)(H,22,25)/t14-/m0/s1. The van der Waals surface area contributed by atoms with E-state index in [9.17, 15) is 14.0 Å². The van der Waals surface area contributed by atoms with Gasteiger partial charge < -0.3 is 9.30 Å². The van der Waals surface area contributed by atoms with Crippen LogP contribution in [0.15, 0.2) is 30.3 Å². The Labute approximate surface area is 152 Å². The van der Waals surface area contributed by atoms with Gasteiger partial charge in [-0.2, -0.15) is 0 Å². The van der Waals surface area contributed by atoms with Crippen molar-refractivity contribution in [1.29, 1.82) is 0 Å². The van der Waals surface area contributed by atoms with Crippen molar-refractivity contribution in [2.45, 2.75) is 46.8 Å². The number of hydrogen-bond donors (Lipinski definition) is 2. The van der Waals surface area contributed by atoms with Crippen LogP contribution in [-0.4, -0.2) is 22.5 Å². The van der Waals surface area contributed by atoms with Gasteiger partial charge in [0.2, 0.25) is 0 Å². The Morgan fingerprint density at radius 2 is 1.69 bits per heavy atom. The zero-order chi connectivity index (χ0) is 19.4. The van der Waals surface area contributed by atoms with E-state index in [0.717, 1.165) is 11.4 Å². The number of rotatable bonds is 5. The first kappa shape index (κ1) is 19.5. The number of hydrogen-bond acceptors (Lipinski definition) is 3. The van der Waals surface area contributed by atoms with E-state index >= 15 is 0 Å². The summed E-state index contributed by atoms with van der Waals surface area (Å²) in [6.07, 6.45) is -0.858. The van der Waals surface area contributed by atoms with Crippen LogP contribution >= 0.6 is 0 Å². The lowest BCUT2D eigenvalue weighted by molar-refractivity contribution is -0.128. The first-order valence-electron chi connectivity index (χ1n) is 8.41. The molecule has 2 rings (SSSR count). The average molecular weight is 361 g/mol. The second kappa shape index (κ2) is 8.03. The van der Waals surface area contributed by atoms with E-state index in [1.54, 1.807) is 6.07 Å². The normalized spacial score (nSPS) is 12.0. The number of nitrogens with zero attached hydrogens (tertiary/aromatic N) is 1. The second-order valence-corrected chi connectivity index (χ2v) is 6.41. The molecular formula is C19H24FN3O3. The summed E-state index contributed by atoms with van der Waals surface area (Å²) in [5.74, 6) is -0.936. The SMILES string of the molecule is Cc1cc(C(=O)NNC(=O)[C@H](C)Oc2ccc(F)cc2)c(C)n1C(C)C. The minimum Gasteiger partial charge on any atom is -0.481 e. The van der Waals surface area contributed by atoms with Gasteiger partial charge in [0.1, 0.15) is 11.6 Å². The summed E-state index contributed by atoms with van der Waals surface area (Å²) in [6, 6.07) is 7.36. The number of halogens is 1. The number of benzene rings is 1. The highest BCUT2D eigenvalue weighted by Gasteiger charge is 2.19. The van der Waals surface area contributed by atoms with Crippen molar-refractivity contribution >= 4 is 11.8 Å². The first-order valence-corrected chi connectivity index (χ1v) is 8.41. The quantitative estimate of drug-likeness (QED) is 0.804. The maximum atomic E-state index is 12.9. The molecule has 1 atom stereocenters. The monoisotopic (exact) mass is 361 g/mol. The van der Waals surface area contributed by atoms with Crippen LogP contribution in [-0.2, 0) is 4.79 Å². The molecule has 6 nitrogen and oxygen atoms in total. The average Bonchev–Trinajstić information content (AvgIpc) is 2.89. The van der Waals surface area contributed by atoms with Gasteiger partial charge in [-0.1, -0.05) is 0 Å². The van der Waals surface area contributed by atoms with Gasteiger partial charge >= 0.3 is 0 Å². The molecule has 0 saturated carbocycles. The molecule has 0 saturated heterocycles. The lowest BCUT2D eigenvalue weighted by atomic mass is 10.2. The summed E-state index contributed by atoms with van der Waals surface area (Å²) in [5.41, 5.74) is 7.06. The van der Waals surface area contributed by atoms with Gasteiger partial charge in [-0.25, -0.2) is 4.39 Å². The molecule has 1 aromatic carbocycles. The number of hydrazine groups is 1. The molecule has 0 bridgehead atoms. The van der Waals surface area contributed by atoms with E-state index in [4.69, 9.17) is 4.74 Å². The molecule has 0 spiro atoms. The van der Waals surface area contributed by atoms with Crippen LogP contribution in [0.3, 0.4) is 0 Å². The predicted molar refractivity (Wildman–Crippen MR) is 96.4 cm³/mol. The van der Waals surface area contributed by atoms with Gasteiger partial charge in [-0.3, -0.25) is 20.4 Å². The molecule has 0 unspecified atom stereocenters. The van der Waals surface area contributed by atoms with Crippen LogP contribution in [0.4, 0.5) is 4.39 Å². The maximum Gasteiger partial charge on any atom is 0.279 e. The Kier molecular flexibility index (Phi) is 6.02. The molecular weight excluding hydrogens is 337 g/mol. The van der Waals surface area contributed by atoms with Gasteiger partial charge in [0.15, 0.2) is 6.10 Å². The minimum absolute atomic E-state index is 0.232. The highest BCUT2D eigenvalue weighted by Crippen LogP contribution is 2.19. The summed E-state index contributed by atoms with van der Waals surface area (Å²) in [7, 11) is 0. The zero-order valence-electron chi connectivity index (χ0n) is 15.6. The second-order valence-electron chi connectivity index (χ2n) is 6.41. The van der Waals surface area contributed by atoms with Crippen molar-refractivity contribution in [3.63, 3.8) is 0 Å². The Balaban J connectivity index is 1.95. The summed E-state index contributed by atoms with van der Waals surface area (Å²) in [6.45, 7) is 9.41. The zero-order valence-corrected chi connectivity index (χ0v) is 15.6. The third-order valence-corrected chi connectivity index (χ3v) is 4.04. The molecule has 7 heteroatoms. The van der Waals surface area contributed by atoms with Crippen LogP contribution in [0.25, 0.3) is 0 Å². The predicted octanol–water partition coefficient (Wildman–Crippen LogP) is 3.05. The molecule has 2 N–H and O–H groups in total. The molecule has 140 valence electrons. The topological polar surface area (TPSA) is 72.4 Å². The Hall–Kier alpha value is -2.83. The number of nitrogens with one attached hydrogen (secondary N) is 2.